The fraction of sp³-hybridized carbons (Fsp3) is 0.200. The molecule has 3 aromatic rings. The molecule has 4 heteroatoms. The Labute approximate surface area is 142 Å². The van der Waals surface area contributed by atoms with Crippen LogP contribution in [0.4, 0.5) is 0 Å². The van der Waals surface area contributed by atoms with E-state index < -0.39 is 0 Å². The Bertz CT molecular complexity index is 813. The average molecular weight is 316 g/mol. The van der Waals surface area contributed by atoms with Gasteiger partial charge in [-0.1, -0.05) is 42.5 Å². The van der Waals surface area contributed by atoms with E-state index in [1.807, 2.05) is 53.3 Å². The fourth-order valence-electron chi connectivity index (χ4n) is 2.59. The first-order valence-corrected chi connectivity index (χ1v) is 8.03. The maximum Gasteiger partial charge on any atom is 0.0991 e. The molecule has 0 saturated carbocycles. The second kappa shape index (κ2) is 7.58. The van der Waals surface area contributed by atoms with Crippen LogP contribution in [0, 0.1) is 11.3 Å². The smallest absolute Gasteiger partial charge is 0.0991 e. The number of hydrogen-bond donors (Lipinski definition) is 1. The molecule has 0 radical (unpaired) electrons. The van der Waals surface area contributed by atoms with Crippen molar-refractivity contribution < 1.29 is 0 Å². The highest BCUT2D eigenvalue weighted by molar-refractivity contribution is 5.32. The molecule has 1 atom stereocenters. The molecular formula is C20H20N4. The molecule has 2 aromatic carbocycles. The Hall–Kier alpha value is -2.90. The summed E-state index contributed by atoms with van der Waals surface area (Å²) >= 11 is 0. The van der Waals surface area contributed by atoms with E-state index in [0.29, 0.717) is 5.56 Å². The lowest BCUT2D eigenvalue weighted by Crippen LogP contribution is -2.17. The molecule has 0 aliphatic rings. The van der Waals surface area contributed by atoms with Crippen LogP contribution in [0.2, 0.25) is 0 Å². The van der Waals surface area contributed by atoms with Gasteiger partial charge in [-0.3, -0.25) is 4.68 Å². The van der Waals surface area contributed by atoms with E-state index >= 15 is 0 Å². The molecule has 1 N–H and O–H groups in total. The molecule has 0 saturated heterocycles. The Balaban J connectivity index is 1.55. The summed E-state index contributed by atoms with van der Waals surface area (Å²) in [5.74, 6) is 0. The highest BCUT2D eigenvalue weighted by Crippen LogP contribution is 2.14. The van der Waals surface area contributed by atoms with Crippen LogP contribution < -0.4 is 5.32 Å². The fourth-order valence-corrected chi connectivity index (χ4v) is 2.59. The van der Waals surface area contributed by atoms with E-state index in [1.165, 1.54) is 11.1 Å². The lowest BCUT2D eigenvalue weighted by atomic mass is 10.1. The predicted molar refractivity (Wildman–Crippen MR) is 94.2 cm³/mol. The number of nitrogens with one attached hydrogen (secondary N) is 1. The van der Waals surface area contributed by atoms with Crippen LogP contribution in [0.25, 0.3) is 0 Å². The molecule has 0 amide bonds. The molecule has 1 unspecified atom stereocenters. The Kier molecular flexibility index (Phi) is 5.05. The molecule has 1 heterocycles. The van der Waals surface area contributed by atoms with Crippen molar-refractivity contribution in [2.24, 2.45) is 0 Å². The van der Waals surface area contributed by atoms with Crippen LogP contribution in [0.1, 0.15) is 35.2 Å². The zero-order chi connectivity index (χ0) is 16.8. The van der Waals surface area contributed by atoms with Gasteiger partial charge in [-0.25, -0.2) is 0 Å². The minimum Gasteiger partial charge on any atom is -0.306 e. The standard InChI is InChI=1S/C20H20N4/c1-16(20-9-7-17(11-21)8-10-20)22-12-19-13-23-24(15-19)14-18-5-3-2-4-6-18/h2-10,13,15-16,22H,12,14H2,1H3. The van der Waals surface area contributed by atoms with Gasteiger partial charge in [0.1, 0.15) is 0 Å². The maximum absolute atomic E-state index is 8.85. The molecule has 24 heavy (non-hydrogen) atoms. The van der Waals surface area contributed by atoms with Gasteiger partial charge < -0.3 is 5.32 Å². The van der Waals surface area contributed by atoms with Crippen LogP contribution in [0.15, 0.2) is 67.0 Å². The lowest BCUT2D eigenvalue weighted by Gasteiger charge is -2.13. The third-order valence-corrected chi connectivity index (χ3v) is 4.03. The van der Waals surface area contributed by atoms with Gasteiger partial charge in [0.15, 0.2) is 0 Å². The van der Waals surface area contributed by atoms with E-state index in [4.69, 9.17) is 5.26 Å². The van der Waals surface area contributed by atoms with E-state index in [2.05, 4.69) is 41.7 Å². The number of nitrogens with zero attached hydrogens (tertiary/aromatic N) is 3. The van der Waals surface area contributed by atoms with Crippen molar-refractivity contribution in [2.75, 3.05) is 0 Å². The van der Waals surface area contributed by atoms with Crippen molar-refractivity contribution >= 4 is 0 Å². The molecule has 0 aliphatic carbocycles. The summed E-state index contributed by atoms with van der Waals surface area (Å²) < 4.78 is 1.96. The van der Waals surface area contributed by atoms with Crippen LogP contribution in [0.5, 0.6) is 0 Å². The Morgan fingerprint density at radius 1 is 1.08 bits per heavy atom. The third kappa shape index (κ3) is 4.09. The average Bonchev–Trinajstić information content (AvgIpc) is 3.08. The van der Waals surface area contributed by atoms with Gasteiger partial charge in [-0.2, -0.15) is 10.4 Å². The molecule has 3 rings (SSSR count). The van der Waals surface area contributed by atoms with Crippen LogP contribution >= 0.6 is 0 Å². The van der Waals surface area contributed by atoms with Crippen molar-refractivity contribution in [1.29, 1.82) is 5.26 Å². The topological polar surface area (TPSA) is 53.6 Å². The molecule has 0 spiro atoms. The third-order valence-electron chi connectivity index (χ3n) is 4.03. The van der Waals surface area contributed by atoms with Crippen molar-refractivity contribution in [2.45, 2.75) is 26.1 Å². The van der Waals surface area contributed by atoms with Gasteiger partial charge in [-0.15, -0.1) is 0 Å². The molecule has 0 bridgehead atoms. The number of benzene rings is 2. The summed E-state index contributed by atoms with van der Waals surface area (Å²) in [4.78, 5) is 0. The van der Waals surface area contributed by atoms with E-state index in [1.54, 1.807) is 0 Å². The summed E-state index contributed by atoms with van der Waals surface area (Å²) in [6.45, 7) is 3.66. The van der Waals surface area contributed by atoms with Gasteiger partial charge in [-0.05, 0) is 30.2 Å². The Morgan fingerprint density at radius 3 is 2.54 bits per heavy atom. The zero-order valence-electron chi connectivity index (χ0n) is 13.7. The summed E-state index contributed by atoms with van der Waals surface area (Å²) in [5.41, 5.74) is 4.26. The Morgan fingerprint density at radius 2 is 1.83 bits per heavy atom. The van der Waals surface area contributed by atoms with Crippen molar-refractivity contribution in [3.05, 3.63) is 89.2 Å². The minimum absolute atomic E-state index is 0.218. The summed E-state index contributed by atoms with van der Waals surface area (Å²) in [6, 6.07) is 20.4. The minimum atomic E-state index is 0.218. The van der Waals surface area contributed by atoms with Crippen molar-refractivity contribution in [1.82, 2.24) is 15.1 Å². The first kappa shape index (κ1) is 16.0. The summed E-state index contributed by atoms with van der Waals surface area (Å²) in [6.07, 6.45) is 3.98. The predicted octanol–water partition coefficient (Wildman–Crippen LogP) is 3.65. The van der Waals surface area contributed by atoms with Gasteiger partial charge in [0.05, 0.1) is 24.4 Å². The number of nitriles is 1. The van der Waals surface area contributed by atoms with Crippen LogP contribution in [-0.2, 0) is 13.1 Å². The first-order chi connectivity index (χ1) is 11.7. The van der Waals surface area contributed by atoms with E-state index in [-0.39, 0.29) is 6.04 Å². The highest BCUT2D eigenvalue weighted by atomic mass is 15.3. The molecular weight excluding hydrogens is 296 g/mol. The monoisotopic (exact) mass is 316 g/mol. The molecule has 4 nitrogen and oxygen atoms in total. The largest absolute Gasteiger partial charge is 0.306 e. The first-order valence-electron chi connectivity index (χ1n) is 8.03. The summed E-state index contributed by atoms with van der Waals surface area (Å²) in [5, 5.41) is 16.8. The molecule has 120 valence electrons. The van der Waals surface area contributed by atoms with Crippen molar-refractivity contribution in [3.8, 4) is 6.07 Å². The number of aromatic nitrogens is 2. The summed E-state index contributed by atoms with van der Waals surface area (Å²) in [7, 11) is 0. The van der Waals surface area contributed by atoms with Crippen molar-refractivity contribution in [3.63, 3.8) is 0 Å². The van der Waals surface area contributed by atoms with E-state index in [9.17, 15) is 0 Å². The van der Waals surface area contributed by atoms with Gasteiger partial charge in [0.2, 0.25) is 0 Å². The molecule has 0 aliphatic heterocycles. The zero-order valence-corrected chi connectivity index (χ0v) is 13.7. The van der Waals surface area contributed by atoms with Crippen LogP contribution in [-0.4, -0.2) is 9.78 Å². The lowest BCUT2D eigenvalue weighted by molar-refractivity contribution is 0.574. The normalized spacial score (nSPS) is 11.8. The second-order valence-electron chi connectivity index (χ2n) is 5.87. The highest BCUT2D eigenvalue weighted by Gasteiger charge is 2.06. The van der Waals surface area contributed by atoms with Crippen LogP contribution in [0.3, 0.4) is 0 Å². The second-order valence-corrected chi connectivity index (χ2v) is 5.87. The van der Waals surface area contributed by atoms with E-state index in [0.717, 1.165) is 18.7 Å². The SMILES string of the molecule is CC(NCc1cnn(Cc2ccccc2)c1)c1ccc(C#N)cc1. The number of hydrogen-bond acceptors (Lipinski definition) is 3. The maximum atomic E-state index is 8.85. The van der Waals surface area contributed by atoms with Gasteiger partial charge >= 0.3 is 0 Å². The molecule has 1 aromatic heterocycles. The van der Waals surface area contributed by atoms with Gasteiger partial charge in [0, 0.05) is 24.3 Å². The molecule has 0 fully saturated rings. The van der Waals surface area contributed by atoms with Gasteiger partial charge in [0.25, 0.3) is 0 Å². The quantitative estimate of drug-likeness (QED) is 0.755. The number of rotatable bonds is 6.